The minimum Gasteiger partial charge on any atom is -0.384 e. The van der Waals surface area contributed by atoms with Crippen molar-refractivity contribution in [1.82, 2.24) is 55.4 Å². The van der Waals surface area contributed by atoms with E-state index in [1.165, 1.54) is 0 Å². The highest BCUT2D eigenvalue weighted by Gasteiger charge is 2.39. The van der Waals surface area contributed by atoms with Crippen molar-refractivity contribution < 1.29 is 18.9 Å². The van der Waals surface area contributed by atoms with Gasteiger partial charge >= 0.3 is 0 Å². The third-order valence-electron chi connectivity index (χ3n) is 12.6. The molecule has 7 aromatic rings. The van der Waals surface area contributed by atoms with E-state index in [1.54, 1.807) is 4.90 Å². The van der Waals surface area contributed by atoms with Crippen molar-refractivity contribution >= 4 is 57.0 Å². The first-order chi connectivity index (χ1) is 31.0. The number of rotatable bonds is 15. The van der Waals surface area contributed by atoms with Crippen molar-refractivity contribution in [3.05, 3.63) is 106 Å². The molecule has 1 saturated heterocycles. The average Bonchev–Trinajstić information content (AvgIpc) is 3.53. The molecular weight excluding hydrogens is 811 g/mol. The van der Waals surface area contributed by atoms with Gasteiger partial charge in [0.25, 0.3) is 11.8 Å². The molecule has 17 nitrogen and oxygen atoms in total. The molecule has 64 heavy (non-hydrogen) atoms. The standard InChI is InChI=1S/C47H51N13O4/c1-6-60-39(21-35(57-60)28-13-14-28)54-43-41-32-19-24(2)31(40-26(4)58-64-27(40)5)20-36(32)53-42(41)55-44(56-43)46(62)49-17-8-9-29-22-50-38(52-29)16-18-48-34-11-7-10-30-33(34)23-59(47(30)63)37-15-12-25(3)51-45(37)61/h7,10-11,19-22,28,37,48H,3,6,8-9,12-18,23H2,1-2,4-5H3,(H,49,62)(H,50,52)(H,51,61)(H2,53,54,55,56). The van der Waals surface area contributed by atoms with Gasteiger partial charge in [-0.25, -0.2) is 19.6 Å². The van der Waals surface area contributed by atoms with Crippen LogP contribution in [0.25, 0.3) is 33.1 Å². The van der Waals surface area contributed by atoms with Crippen molar-refractivity contribution in [2.75, 3.05) is 23.7 Å². The summed E-state index contributed by atoms with van der Waals surface area (Å²) >= 11 is 0. The van der Waals surface area contributed by atoms with Gasteiger partial charge in [-0.3, -0.25) is 14.4 Å². The fraction of sp³-hybridized carbons (Fsp3) is 0.362. The first kappa shape index (κ1) is 40.8. The average molecular weight is 862 g/mol. The molecule has 3 aliphatic rings. The van der Waals surface area contributed by atoms with Crippen molar-refractivity contribution in [3.63, 3.8) is 0 Å². The van der Waals surface area contributed by atoms with Crippen LogP contribution in [0.1, 0.15) is 106 Å². The molecule has 0 bridgehead atoms. The van der Waals surface area contributed by atoms with Crippen molar-refractivity contribution in [2.24, 2.45) is 0 Å². The summed E-state index contributed by atoms with van der Waals surface area (Å²) in [5.41, 5.74) is 10.4. The van der Waals surface area contributed by atoms with Gasteiger partial charge in [0, 0.05) is 95.5 Å². The van der Waals surface area contributed by atoms with E-state index in [0.29, 0.717) is 86.9 Å². The molecule has 6 N–H and O–H groups in total. The smallest absolute Gasteiger partial charge is 0.289 e. The molecule has 5 aromatic heterocycles. The van der Waals surface area contributed by atoms with Crippen molar-refractivity contribution in [3.8, 4) is 11.1 Å². The fourth-order valence-corrected chi connectivity index (χ4v) is 9.13. The molecule has 1 saturated carbocycles. The second-order valence-corrected chi connectivity index (χ2v) is 17.1. The molecule has 0 spiro atoms. The van der Waals surface area contributed by atoms with E-state index in [2.05, 4.69) is 80.0 Å². The maximum atomic E-state index is 13.8. The summed E-state index contributed by atoms with van der Waals surface area (Å²) < 4.78 is 7.45. The number of fused-ring (bicyclic) bond motifs is 4. The summed E-state index contributed by atoms with van der Waals surface area (Å²) in [4.78, 5) is 62.5. The van der Waals surface area contributed by atoms with Crippen LogP contribution in [0, 0.1) is 20.8 Å². The van der Waals surface area contributed by atoms with Gasteiger partial charge in [0.15, 0.2) is 0 Å². The Kier molecular flexibility index (Phi) is 10.5. The van der Waals surface area contributed by atoms with Crippen LogP contribution in [0.3, 0.4) is 0 Å². The number of aromatic amines is 2. The van der Waals surface area contributed by atoms with Crippen LogP contribution in [0.15, 0.2) is 59.4 Å². The molecule has 17 heteroatoms. The first-order valence-corrected chi connectivity index (χ1v) is 22.1. The highest BCUT2D eigenvalue weighted by Crippen LogP contribution is 2.42. The Labute approximate surface area is 368 Å². The van der Waals surface area contributed by atoms with Gasteiger partial charge < -0.3 is 40.7 Å². The van der Waals surface area contributed by atoms with Gasteiger partial charge in [-0.05, 0) is 102 Å². The van der Waals surface area contributed by atoms with E-state index in [4.69, 9.17) is 19.6 Å². The minimum absolute atomic E-state index is 0.0532. The number of carbonyl (C=O) groups excluding carboxylic acids is 3. The lowest BCUT2D eigenvalue weighted by atomic mass is 9.97. The van der Waals surface area contributed by atoms with E-state index < -0.39 is 6.04 Å². The number of carbonyl (C=O) groups is 3. The second kappa shape index (κ2) is 16.4. The lowest BCUT2D eigenvalue weighted by molar-refractivity contribution is -0.126. The number of H-pyrrole nitrogens is 2. The fourth-order valence-electron chi connectivity index (χ4n) is 9.13. The lowest BCUT2D eigenvalue weighted by Gasteiger charge is -2.31. The molecule has 2 fully saturated rings. The number of aryl methyl sites for hydroxylation is 5. The largest absolute Gasteiger partial charge is 0.384 e. The van der Waals surface area contributed by atoms with Crippen LogP contribution in [0.4, 0.5) is 17.3 Å². The number of allylic oxidation sites excluding steroid dienone is 1. The first-order valence-electron chi connectivity index (χ1n) is 22.1. The van der Waals surface area contributed by atoms with Gasteiger partial charge in [0.1, 0.15) is 34.9 Å². The number of hydrogen-bond acceptors (Lipinski definition) is 11. The summed E-state index contributed by atoms with van der Waals surface area (Å²) in [6, 6.07) is 11.4. The molecular formula is C47H51N13O4. The zero-order valence-corrected chi connectivity index (χ0v) is 36.4. The van der Waals surface area contributed by atoms with Crippen molar-refractivity contribution in [1.29, 1.82) is 0 Å². The number of benzene rings is 2. The molecule has 2 aromatic carbocycles. The van der Waals surface area contributed by atoms with Crippen LogP contribution in [0.2, 0.25) is 0 Å². The summed E-state index contributed by atoms with van der Waals surface area (Å²) in [5, 5.41) is 23.6. The van der Waals surface area contributed by atoms with Crippen LogP contribution >= 0.6 is 0 Å². The summed E-state index contributed by atoms with van der Waals surface area (Å²) in [7, 11) is 0. The van der Waals surface area contributed by atoms with Gasteiger partial charge in [0.2, 0.25) is 11.7 Å². The predicted octanol–water partition coefficient (Wildman–Crippen LogP) is 7.02. The monoisotopic (exact) mass is 861 g/mol. The van der Waals surface area contributed by atoms with Gasteiger partial charge in [-0.2, -0.15) is 5.10 Å². The van der Waals surface area contributed by atoms with E-state index in [0.717, 1.165) is 91.6 Å². The molecule has 7 heterocycles. The maximum absolute atomic E-state index is 13.8. The summed E-state index contributed by atoms with van der Waals surface area (Å²) in [6.45, 7) is 13.9. The van der Waals surface area contributed by atoms with Crippen LogP contribution in [-0.4, -0.2) is 81.6 Å². The van der Waals surface area contributed by atoms with Crippen LogP contribution in [0.5, 0.6) is 0 Å². The molecule has 328 valence electrons. The van der Waals surface area contributed by atoms with Gasteiger partial charge in [-0.1, -0.05) is 17.8 Å². The number of nitrogens with zero attached hydrogens (tertiary/aromatic N) is 7. The molecule has 1 atom stereocenters. The van der Waals surface area contributed by atoms with Crippen LogP contribution < -0.4 is 21.3 Å². The Morgan fingerprint density at radius 1 is 1.02 bits per heavy atom. The summed E-state index contributed by atoms with van der Waals surface area (Å²) in [6.07, 6.45) is 7.31. The third-order valence-corrected chi connectivity index (χ3v) is 12.6. The number of hydrogen-bond donors (Lipinski definition) is 6. The molecule has 0 radical (unpaired) electrons. The molecule has 2 aliphatic heterocycles. The normalized spacial score (nSPS) is 16.2. The van der Waals surface area contributed by atoms with Gasteiger partial charge in [-0.15, -0.1) is 0 Å². The second-order valence-electron chi connectivity index (χ2n) is 17.1. The Bertz CT molecular complexity index is 2990. The molecule has 1 unspecified atom stereocenters. The maximum Gasteiger partial charge on any atom is 0.289 e. The Hall–Kier alpha value is -7.30. The van der Waals surface area contributed by atoms with E-state index >= 15 is 0 Å². The highest BCUT2D eigenvalue weighted by molar-refractivity contribution is 6.13. The number of aromatic nitrogens is 8. The SMILES string of the molecule is C=C1CCC(N2Cc3c(NCCc4ncc(CCCNC(=O)c5nc(Nc6cc(C7CC7)nn6CC)c6c(n5)[nH]c5cc(-c7c(C)noc7C)c(C)cc56)[nH]4)cccc3C2=O)C(=O)N1. The number of piperidine rings is 1. The zero-order chi connectivity index (χ0) is 44.2. The van der Waals surface area contributed by atoms with Crippen LogP contribution in [-0.2, 0) is 30.7 Å². The number of anilines is 3. The minimum atomic E-state index is -0.505. The molecule has 10 rings (SSSR count). The number of nitrogens with one attached hydrogen (secondary N) is 6. The molecule has 1 aliphatic carbocycles. The number of amides is 3. The highest BCUT2D eigenvalue weighted by atomic mass is 16.5. The van der Waals surface area contributed by atoms with E-state index in [9.17, 15) is 14.4 Å². The molecule has 3 amide bonds. The predicted molar refractivity (Wildman–Crippen MR) is 242 cm³/mol. The van der Waals surface area contributed by atoms with E-state index in [1.807, 2.05) is 42.9 Å². The Morgan fingerprint density at radius 3 is 2.66 bits per heavy atom. The van der Waals surface area contributed by atoms with Crippen molar-refractivity contribution in [2.45, 2.75) is 97.7 Å². The summed E-state index contributed by atoms with van der Waals surface area (Å²) in [5.74, 6) is 2.77. The zero-order valence-electron chi connectivity index (χ0n) is 36.4. The van der Waals surface area contributed by atoms with E-state index in [-0.39, 0.29) is 23.5 Å². The Morgan fingerprint density at radius 2 is 1.88 bits per heavy atom. The third kappa shape index (κ3) is 7.64. The topological polar surface area (TPSA) is 217 Å². The van der Waals surface area contributed by atoms with Gasteiger partial charge in [0.05, 0.1) is 16.8 Å². The number of imidazole rings is 1. The Balaban J connectivity index is 0.797. The lowest BCUT2D eigenvalue weighted by Crippen LogP contribution is -2.49. The quantitative estimate of drug-likeness (QED) is 0.0576.